The van der Waals surface area contributed by atoms with Crippen LogP contribution in [0.2, 0.25) is 5.02 Å². The van der Waals surface area contributed by atoms with Crippen LogP contribution in [0.25, 0.3) is 10.9 Å². The lowest BCUT2D eigenvalue weighted by molar-refractivity contribution is 0.507. The van der Waals surface area contributed by atoms with Crippen molar-refractivity contribution < 1.29 is 4.42 Å². The Morgan fingerprint density at radius 3 is 2.72 bits per heavy atom. The maximum absolute atomic E-state index is 6.09. The molecule has 0 fully saturated rings. The number of halogens is 2. The molecule has 0 atom stereocenters. The zero-order valence-corrected chi connectivity index (χ0v) is 17.1. The summed E-state index contributed by atoms with van der Waals surface area (Å²) in [4.78, 5) is 7.51. The molecule has 3 aromatic rings. The second-order valence-electron chi connectivity index (χ2n) is 5.51. The number of aromatic amines is 1. The normalized spacial score (nSPS) is 11.4. The molecule has 2 heterocycles. The molecular formula is C18H22ClIN4O. The SMILES string of the molecule is CN=C(NCCc1ccco1)NCCc1c[nH]c2ccc(Cl)cc12.I. The van der Waals surface area contributed by atoms with Gasteiger partial charge in [0, 0.05) is 48.7 Å². The van der Waals surface area contributed by atoms with Crippen LogP contribution in [0.5, 0.6) is 0 Å². The summed E-state index contributed by atoms with van der Waals surface area (Å²) in [5.74, 6) is 1.76. The number of hydrogen-bond acceptors (Lipinski definition) is 2. The van der Waals surface area contributed by atoms with Gasteiger partial charge in [-0.05, 0) is 42.3 Å². The first-order chi connectivity index (χ1) is 11.8. The molecule has 134 valence electrons. The molecule has 5 nitrogen and oxygen atoms in total. The molecule has 0 radical (unpaired) electrons. The highest BCUT2D eigenvalue weighted by Crippen LogP contribution is 2.22. The number of nitrogens with zero attached hydrogens (tertiary/aromatic N) is 1. The van der Waals surface area contributed by atoms with Gasteiger partial charge < -0.3 is 20.0 Å². The van der Waals surface area contributed by atoms with Gasteiger partial charge in [0.1, 0.15) is 5.76 Å². The number of rotatable bonds is 6. The number of nitrogens with one attached hydrogen (secondary N) is 3. The quantitative estimate of drug-likeness (QED) is 0.289. The van der Waals surface area contributed by atoms with E-state index >= 15 is 0 Å². The van der Waals surface area contributed by atoms with Gasteiger partial charge in [-0.25, -0.2) is 0 Å². The van der Waals surface area contributed by atoms with Crippen molar-refractivity contribution in [3.05, 3.63) is 59.1 Å². The molecule has 0 saturated heterocycles. The van der Waals surface area contributed by atoms with Crippen LogP contribution in [0.1, 0.15) is 11.3 Å². The molecule has 2 aromatic heterocycles. The molecule has 0 aliphatic carbocycles. The van der Waals surface area contributed by atoms with Crippen LogP contribution in [-0.4, -0.2) is 31.1 Å². The highest BCUT2D eigenvalue weighted by molar-refractivity contribution is 14.0. The predicted octanol–water partition coefficient (Wildman–Crippen LogP) is 3.98. The lowest BCUT2D eigenvalue weighted by Crippen LogP contribution is -2.39. The maximum Gasteiger partial charge on any atom is 0.191 e. The molecule has 7 heteroatoms. The van der Waals surface area contributed by atoms with E-state index in [1.807, 2.05) is 36.5 Å². The number of furan rings is 1. The number of guanidine groups is 1. The fourth-order valence-corrected chi connectivity index (χ4v) is 2.82. The Kier molecular flexibility index (Phi) is 7.64. The Morgan fingerprint density at radius 2 is 2.00 bits per heavy atom. The van der Waals surface area contributed by atoms with E-state index in [-0.39, 0.29) is 24.0 Å². The fourth-order valence-electron chi connectivity index (χ4n) is 2.65. The minimum absolute atomic E-state index is 0. The van der Waals surface area contributed by atoms with Gasteiger partial charge in [-0.1, -0.05) is 11.6 Å². The summed E-state index contributed by atoms with van der Waals surface area (Å²) in [6, 6.07) is 9.77. The molecule has 0 aliphatic rings. The van der Waals surface area contributed by atoms with Crippen LogP contribution in [0.4, 0.5) is 0 Å². The third-order valence-electron chi connectivity index (χ3n) is 3.88. The molecule has 0 aliphatic heterocycles. The van der Waals surface area contributed by atoms with Crippen LogP contribution in [-0.2, 0) is 12.8 Å². The maximum atomic E-state index is 6.09. The fraction of sp³-hybridized carbons (Fsp3) is 0.278. The van der Waals surface area contributed by atoms with E-state index in [2.05, 4.69) is 20.6 Å². The average Bonchev–Trinajstić information content (AvgIpc) is 3.23. The Balaban J connectivity index is 0.00000225. The highest BCUT2D eigenvalue weighted by atomic mass is 127. The van der Waals surface area contributed by atoms with Crippen molar-refractivity contribution in [2.75, 3.05) is 20.1 Å². The van der Waals surface area contributed by atoms with Gasteiger partial charge in [-0.15, -0.1) is 24.0 Å². The average molecular weight is 473 g/mol. The molecule has 3 N–H and O–H groups in total. The van der Waals surface area contributed by atoms with Gasteiger partial charge in [0.25, 0.3) is 0 Å². The molecule has 1 aromatic carbocycles. The molecule has 0 saturated carbocycles. The number of benzene rings is 1. The summed E-state index contributed by atoms with van der Waals surface area (Å²) in [6.45, 7) is 1.57. The molecular weight excluding hydrogens is 451 g/mol. The number of aliphatic imine (C=N–C) groups is 1. The van der Waals surface area contributed by atoms with Crippen LogP contribution in [0.15, 0.2) is 52.2 Å². The van der Waals surface area contributed by atoms with Crippen molar-refractivity contribution in [1.82, 2.24) is 15.6 Å². The monoisotopic (exact) mass is 472 g/mol. The third kappa shape index (κ3) is 5.40. The van der Waals surface area contributed by atoms with Crippen LogP contribution >= 0.6 is 35.6 Å². The van der Waals surface area contributed by atoms with Crippen LogP contribution in [0.3, 0.4) is 0 Å². The van der Waals surface area contributed by atoms with Gasteiger partial charge in [-0.2, -0.15) is 0 Å². The summed E-state index contributed by atoms with van der Waals surface area (Å²) in [6.07, 6.45) is 5.44. The standard InChI is InChI=1S/C18H21ClN4O.HI/c1-20-18(22-9-7-15-3-2-10-24-15)21-8-6-13-12-23-17-5-4-14(19)11-16(13)17;/h2-5,10-12,23H,6-9H2,1H3,(H2,20,21,22);1H. The summed E-state index contributed by atoms with van der Waals surface area (Å²) in [5, 5.41) is 8.54. The Hall–Kier alpha value is -1.67. The number of hydrogen-bond donors (Lipinski definition) is 3. The first kappa shape index (κ1) is 19.7. The minimum atomic E-state index is 0. The van der Waals surface area contributed by atoms with Gasteiger partial charge >= 0.3 is 0 Å². The number of fused-ring (bicyclic) bond motifs is 1. The van der Waals surface area contributed by atoms with Crippen LogP contribution < -0.4 is 10.6 Å². The van der Waals surface area contributed by atoms with Crippen molar-refractivity contribution in [3.8, 4) is 0 Å². The van der Waals surface area contributed by atoms with Crippen molar-refractivity contribution in [3.63, 3.8) is 0 Å². The van der Waals surface area contributed by atoms with E-state index in [0.29, 0.717) is 0 Å². The Bertz CT molecular complexity index is 814. The van der Waals surface area contributed by atoms with Gasteiger partial charge in [0.2, 0.25) is 0 Å². The zero-order valence-electron chi connectivity index (χ0n) is 14.0. The van der Waals surface area contributed by atoms with E-state index in [4.69, 9.17) is 16.0 Å². The van der Waals surface area contributed by atoms with Crippen LogP contribution in [0, 0.1) is 0 Å². The molecule has 3 rings (SSSR count). The smallest absolute Gasteiger partial charge is 0.191 e. The van der Waals surface area contributed by atoms with E-state index in [1.165, 1.54) is 10.9 Å². The van der Waals surface area contributed by atoms with Crippen molar-refractivity contribution in [2.24, 2.45) is 4.99 Å². The molecule has 0 spiro atoms. The largest absolute Gasteiger partial charge is 0.469 e. The number of aromatic nitrogens is 1. The lowest BCUT2D eigenvalue weighted by atomic mass is 10.1. The van der Waals surface area contributed by atoms with Gasteiger partial charge in [0.15, 0.2) is 5.96 Å². The molecule has 25 heavy (non-hydrogen) atoms. The molecule has 0 bridgehead atoms. The summed E-state index contributed by atoms with van der Waals surface area (Å²) < 4.78 is 5.32. The first-order valence-corrected chi connectivity index (χ1v) is 8.36. The topological polar surface area (TPSA) is 65.3 Å². The Morgan fingerprint density at radius 1 is 1.20 bits per heavy atom. The summed E-state index contributed by atoms with van der Waals surface area (Å²) in [5.41, 5.74) is 2.35. The van der Waals surface area contributed by atoms with E-state index in [0.717, 1.165) is 48.2 Å². The second kappa shape index (κ2) is 9.72. The summed E-state index contributed by atoms with van der Waals surface area (Å²) >= 11 is 6.09. The first-order valence-electron chi connectivity index (χ1n) is 7.98. The van der Waals surface area contributed by atoms with E-state index in [1.54, 1.807) is 13.3 Å². The summed E-state index contributed by atoms with van der Waals surface area (Å²) in [7, 11) is 1.77. The second-order valence-corrected chi connectivity index (χ2v) is 5.95. The Labute approximate surface area is 169 Å². The zero-order chi connectivity index (χ0) is 16.8. The van der Waals surface area contributed by atoms with E-state index < -0.39 is 0 Å². The number of H-pyrrole nitrogens is 1. The van der Waals surface area contributed by atoms with Crippen molar-refractivity contribution >= 4 is 52.4 Å². The van der Waals surface area contributed by atoms with Gasteiger partial charge in [-0.3, -0.25) is 4.99 Å². The predicted molar refractivity (Wildman–Crippen MR) is 114 cm³/mol. The van der Waals surface area contributed by atoms with Crippen molar-refractivity contribution in [1.29, 1.82) is 0 Å². The van der Waals surface area contributed by atoms with E-state index in [9.17, 15) is 0 Å². The highest BCUT2D eigenvalue weighted by Gasteiger charge is 2.05. The van der Waals surface area contributed by atoms with Crippen molar-refractivity contribution in [2.45, 2.75) is 12.8 Å². The lowest BCUT2D eigenvalue weighted by Gasteiger charge is -2.11. The third-order valence-corrected chi connectivity index (χ3v) is 4.12. The molecule has 0 unspecified atom stereocenters. The van der Waals surface area contributed by atoms with Gasteiger partial charge in [0.05, 0.1) is 6.26 Å². The molecule has 0 amide bonds. The minimum Gasteiger partial charge on any atom is -0.469 e.